The zero-order valence-corrected chi connectivity index (χ0v) is 18.0. The lowest BCUT2D eigenvalue weighted by molar-refractivity contribution is -0.119. The molecule has 1 aromatic carbocycles. The van der Waals surface area contributed by atoms with Crippen molar-refractivity contribution in [2.75, 3.05) is 5.75 Å². The highest BCUT2D eigenvalue weighted by atomic mass is 32.2. The maximum atomic E-state index is 12.9. The lowest BCUT2D eigenvalue weighted by Gasteiger charge is -2.11. The van der Waals surface area contributed by atoms with Crippen LogP contribution in [0.1, 0.15) is 20.8 Å². The van der Waals surface area contributed by atoms with E-state index in [1.807, 2.05) is 13.8 Å². The monoisotopic (exact) mass is 446 g/mol. The quantitative estimate of drug-likeness (QED) is 0.263. The molecular formula is C20H19FN4O3S2. The van der Waals surface area contributed by atoms with Crippen molar-refractivity contribution in [3.05, 3.63) is 69.1 Å². The number of nitrogens with zero attached hydrogens (tertiary/aromatic N) is 2. The molecule has 0 unspecified atom stereocenters. The second kappa shape index (κ2) is 9.23. The van der Waals surface area contributed by atoms with Gasteiger partial charge in [-0.2, -0.15) is 0 Å². The Morgan fingerprint density at radius 3 is 2.63 bits per heavy atom. The number of halogens is 1. The molecule has 0 aliphatic rings. The second-order valence-corrected chi connectivity index (χ2v) is 8.51. The fourth-order valence-electron chi connectivity index (χ4n) is 2.68. The van der Waals surface area contributed by atoms with Crippen molar-refractivity contribution >= 4 is 45.1 Å². The van der Waals surface area contributed by atoms with E-state index in [2.05, 4.69) is 22.4 Å². The Morgan fingerprint density at radius 1 is 1.27 bits per heavy atom. The number of rotatable bonds is 6. The molecule has 0 spiro atoms. The van der Waals surface area contributed by atoms with Crippen LogP contribution in [-0.2, 0) is 11.3 Å². The first kappa shape index (κ1) is 21.7. The van der Waals surface area contributed by atoms with E-state index in [1.54, 1.807) is 6.08 Å². The van der Waals surface area contributed by atoms with Gasteiger partial charge in [-0.1, -0.05) is 17.8 Å². The molecule has 2 aromatic heterocycles. The first-order valence-electron chi connectivity index (χ1n) is 8.90. The van der Waals surface area contributed by atoms with Gasteiger partial charge in [0.05, 0.1) is 11.1 Å². The number of thiophene rings is 1. The van der Waals surface area contributed by atoms with Gasteiger partial charge < -0.3 is 0 Å². The average molecular weight is 447 g/mol. The summed E-state index contributed by atoms with van der Waals surface area (Å²) in [4.78, 5) is 43.2. The summed E-state index contributed by atoms with van der Waals surface area (Å²) in [6, 6.07) is 4.93. The van der Waals surface area contributed by atoms with Gasteiger partial charge in [-0.3, -0.25) is 29.8 Å². The van der Waals surface area contributed by atoms with Crippen LogP contribution in [0, 0.1) is 19.7 Å². The number of amides is 2. The molecule has 0 aliphatic carbocycles. The third kappa shape index (κ3) is 4.60. The van der Waals surface area contributed by atoms with Crippen LogP contribution < -0.4 is 16.4 Å². The van der Waals surface area contributed by atoms with Crippen LogP contribution in [0.25, 0.3) is 10.2 Å². The van der Waals surface area contributed by atoms with Crippen LogP contribution in [-0.4, -0.2) is 27.1 Å². The van der Waals surface area contributed by atoms with E-state index >= 15 is 0 Å². The first-order valence-corrected chi connectivity index (χ1v) is 10.7. The minimum Gasteiger partial charge on any atom is -0.283 e. The number of benzene rings is 1. The molecule has 0 bridgehead atoms. The average Bonchev–Trinajstić information content (AvgIpc) is 3.01. The van der Waals surface area contributed by atoms with E-state index in [1.165, 1.54) is 28.0 Å². The Balaban J connectivity index is 1.70. The van der Waals surface area contributed by atoms with Crippen LogP contribution in [0.15, 0.2) is 46.9 Å². The van der Waals surface area contributed by atoms with E-state index in [-0.39, 0.29) is 23.4 Å². The van der Waals surface area contributed by atoms with Crippen molar-refractivity contribution in [2.24, 2.45) is 0 Å². The van der Waals surface area contributed by atoms with Gasteiger partial charge in [0, 0.05) is 17.0 Å². The minimum atomic E-state index is -0.569. The highest BCUT2D eigenvalue weighted by Crippen LogP contribution is 2.28. The molecule has 0 aliphatic heterocycles. The Labute approximate surface area is 180 Å². The normalized spacial score (nSPS) is 10.8. The largest absolute Gasteiger partial charge is 0.283 e. The van der Waals surface area contributed by atoms with Crippen LogP contribution in [0.4, 0.5) is 4.39 Å². The van der Waals surface area contributed by atoms with Gasteiger partial charge in [0.25, 0.3) is 11.5 Å². The third-order valence-electron chi connectivity index (χ3n) is 4.32. The number of hydrogen-bond donors (Lipinski definition) is 2. The molecule has 2 N–H and O–H groups in total. The summed E-state index contributed by atoms with van der Waals surface area (Å²) in [5.41, 5.74) is 5.51. The summed E-state index contributed by atoms with van der Waals surface area (Å²) in [5.74, 6) is -1.57. The van der Waals surface area contributed by atoms with Gasteiger partial charge in [-0.05, 0) is 43.7 Å². The molecule has 0 atom stereocenters. The molecule has 0 radical (unpaired) electrons. The molecule has 2 amide bonds. The molecule has 0 saturated carbocycles. The Morgan fingerprint density at radius 2 is 1.97 bits per heavy atom. The van der Waals surface area contributed by atoms with Crippen LogP contribution in [0.2, 0.25) is 0 Å². The van der Waals surface area contributed by atoms with Crippen LogP contribution >= 0.6 is 23.1 Å². The molecule has 2 heterocycles. The lowest BCUT2D eigenvalue weighted by atomic mass is 10.2. The molecule has 156 valence electrons. The number of carbonyl (C=O) groups is 2. The maximum absolute atomic E-state index is 12.9. The molecule has 0 fully saturated rings. The Kier molecular flexibility index (Phi) is 6.68. The maximum Gasteiger partial charge on any atom is 0.269 e. The van der Waals surface area contributed by atoms with E-state index < -0.39 is 17.6 Å². The number of allylic oxidation sites excluding steroid dienone is 1. The fraction of sp³-hybridized carbons (Fsp3) is 0.200. The molecule has 3 rings (SSSR count). The van der Waals surface area contributed by atoms with Crippen LogP contribution in [0.3, 0.4) is 0 Å². The molecule has 7 nitrogen and oxygen atoms in total. The number of nitrogens with one attached hydrogen (secondary N) is 2. The number of aryl methyl sites for hydroxylation is 2. The molecule has 3 aromatic rings. The highest BCUT2D eigenvalue weighted by Gasteiger charge is 2.17. The smallest absolute Gasteiger partial charge is 0.269 e. The number of thioether (sulfide) groups is 1. The zero-order chi connectivity index (χ0) is 21.8. The van der Waals surface area contributed by atoms with Crippen molar-refractivity contribution < 1.29 is 14.0 Å². The van der Waals surface area contributed by atoms with E-state index in [0.29, 0.717) is 15.4 Å². The summed E-state index contributed by atoms with van der Waals surface area (Å²) in [5, 5.41) is 0.980. The van der Waals surface area contributed by atoms with Gasteiger partial charge in [-0.15, -0.1) is 17.9 Å². The van der Waals surface area contributed by atoms with Crippen molar-refractivity contribution in [3.63, 3.8) is 0 Å². The number of hydrazine groups is 1. The summed E-state index contributed by atoms with van der Waals surface area (Å²) in [6.45, 7) is 7.77. The van der Waals surface area contributed by atoms with Gasteiger partial charge >= 0.3 is 0 Å². The predicted molar refractivity (Wildman–Crippen MR) is 116 cm³/mol. The van der Waals surface area contributed by atoms with Crippen molar-refractivity contribution in [1.82, 2.24) is 20.4 Å². The standard InChI is InChI=1S/C20H19FN4O3S2/c1-4-9-25-19(28)16-11(2)12(3)30-18(16)22-20(25)29-10-15(26)23-24-17(27)13-5-7-14(21)8-6-13/h4-8H,1,9-10H2,2-3H3,(H,23,26)(H,24,27). The van der Waals surface area contributed by atoms with E-state index in [9.17, 15) is 18.8 Å². The summed E-state index contributed by atoms with van der Waals surface area (Å²) in [6.07, 6.45) is 1.59. The molecular weight excluding hydrogens is 427 g/mol. The molecule has 0 saturated heterocycles. The first-order chi connectivity index (χ1) is 14.3. The Hall–Kier alpha value is -2.98. The number of aromatic nitrogens is 2. The summed E-state index contributed by atoms with van der Waals surface area (Å²) < 4.78 is 14.4. The van der Waals surface area contributed by atoms with Gasteiger partial charge in [0.15, 0.2) is 5.16 Å². The number of fused-ring (bicyclic) bond motifs is 1. The van der Waals surface area contributed by atoms with Crippen molar-refractivity contribution in [1.29, 1.82) is 0 Å². The van der Waals surface area contributed by atoms with Gasteiger partial charge in [0.2, 0.25) is 5.91 Å². The zero-order valence-electron chi connectivity index (χ0n) is 16.3. The topological polar surface area (TPSA) is 93.1 Å². The van der Waals surface area contributed by atoms with Gasteiger partial charge in [-0.25, -0.2) is 9.37 Å². The van der Waals surface area contributed by atoms with Crippen LogP contribution in [0.5, 0.6) is 0 Å². The molecule has 30 heavy (non-hydrogen) atoms. The van der Waals surface area contributed by atoms with Crippen molar-refractivity contribution in [3.8, 4) is 0 Å². The SMILES string of the molecule is C=CCn1c(SCC(=O)NNC(=O)c2ccc(F)cc2)nc2sc(C)c(C)c2c1=O. The summed E-state index contributed by atoms with van der Waals surface area (Å²) in [7, 11) is 0. The highest BCUT2D eigenvalue weighted by molar-refractivity contribution is 7.99. The Bertz CT molecular complexity index is 1190. The molecule has 10 heteroatoms. The minimum absolute atomic E-state index is 0.0673. The third-order valence-corrected chi connectivity index (χ3v) is 6.40. The number of hydrogen-bond acceptors (Lipinski definition) is 6. The second-order valence-electron chi connectivity index (χ2n) is 6.36. The van der Waals surface area contributed by atoms with Crippen molar-refractivity contribution in [2.45, 2.75) is 25.5 Å². The van der Waals surface area contributed by atoms with Gasteiger partial charge in [0.1, 0.15) is 10.6 Å². The fourth-order valence-corrected chi connectivity index (χ4v) is 4.55. The lowest BCUT2D eigenvalue weighted by Crippen LogP contribution is -2.42. The predicted octanol–water partition coefficient (Wildman–Crippen LogP) is 2.95. The van der Waals surface area contributed by atoms with E-state index in [0.717, 1.165) is 34.3 Å². The number of carbonyl (C=O) groups excluding carboxylic acids is 2. The van der Waals surface area contributed by atoms with E-state index in [4.69, 9.17) is 0 Å². The summed E-state index contributed by atoms with van der Waals surface area (Å²) >= 11 is 2.52.